The van der Waals surface area contributed by atoms with Crippen molar-refractivity contribution in [3.05, 3.63) is 69.8 Å². The van der Waals surface area contributed by atoms with Crippen molar-refractivity contribution in [3.8, 4) is 0 Å². The maximum Gasteiger partial charge on any atom is 0.416 e. The summed E-state index contributed by atoms with van der Waals surface area (Å²) in [4.78, 5) is 18.6. The highest BCUT2D eigenvalue weighted by molar-refractivity contribution is 5.98. The van der Waals surface area contributed by atoms with E-state index < -0.39 is 17.7 Å². The summed E-state index contributed by atoms with van der Waals surface area (Å²) in [6, 6.07) is 10.6. The maximum absolute atomic E-state index is 13.8. The molecule has 4 rings (SSSR count). The van der Waals surface area contributed by atoms with Gasteiger partial charge in [0.25, 0.3) is 0 Å². The topological polar surface area (TPSA) is 62.1 Å². The van der Waals surface area contributed by atoms with E-state index in [9.17, 15) is 18.0 Å². The molecule has 2 aromatic carbocycles. The second kappa shape index (κ2) is 11.7. The predicted octanol–water partition coefficient (Wildman–Crippen LogP) is 6.77. The molecule has 2 aliphatic rings. The minimum absolute atomic E-state index is 0.0315. The van der Waals surface area contributed by atoms with Crippen LogP contribution in [0.4, 0.5) is 13.2 Å². The van der Waals surface area contributed by atoms with Crippen LogP contribution in [0.25, 0.3) is 0 Å². The largest absolute Gasteiger partial charge is 0.481 e. The van der Waals surface area contributed by atoms with Crippen LogP contribution in [0.15, 0.2) is 41.6 Å². The number of carboxylic acid groups (broad SMARTS) is 1. The fraction of sp³-hybridized carbons (Fsp3) is 0.517. The molecule has 2 aromatic rings. The first-order chi connectivity index (χ1) is 17.7. The third-order valence-electron chi connectivity index (χ3n) is 7.61. The average molecular weight is 517 g/mol. The van der Waals surface area contributed by atoms with Gasteiger partial charge in [-0.3, -0.25) is 9.69 Å². The molecule has 1 saturated carbocycles. The Morgan fingerprint density at radius 1 is 1.08 bits per heavy atom. The summed E-state index contributed by atoms with van der Waals surface area (Å²) in [6.45, 7) is 5.67. The second-order valence-electron chi connectivity index (χ2n) is 10.3. The van der Waals surface area contributed by atoms with Gasteiger partial charge in [0, 0.05) is 19.6 Å². The smallest absolute Gasteiger partial charge is 0.416 e. The van der Waals surface area contributed by atoms with Gasteiger partial charge in [0.2, 0.25) is 0 Å². The van der Waals surface area contributed by atoms with E-state index >= 15 is 0 Å². The molecule has 0 atom stereocenters. The van der Waals surface area contributed by atoms with Crippen LogP contribution in [0.2, 0.25) is 0 Å². The van der Waals surface area contributed by atoms with Gasteiger partial charge in [0.05, 0.1) is 17.2 Å². The van der Waals surface area contributed by atoms with Crippen LogP contribution in [0.5, 0.6) is 0 Å². The number of hydrogen-bond donors (Lipinski definition) is 1. The first kappa shape index (κ1) is 27.2. The molecule has 2 fully saturated rings. The Balaban J connectivity index is 1.40. The van der Waals surface area contributed by atoms with Crippen LogP contribution in [-0.4, -0.2) is 34.8 Å². The van der Waals surface area contributed by atoms with Crippen LogP contribution in [0.1, 0.15) is 85.3 Å². The third-order valence-corrected chi connectivity index (χ3v) is 7.61. The average Bonchev–Trinajstić information content (AvgIpc) is 2.85. The molecule has 200 valence electrons. The Hall–Kier alpha value is -2.87. The van der Waals surface area contributed by atoms with Crippen molar-refractivity contribution in [1.29, 1.82) is 0 Å². The van der Waals surface area contributed by atoms with Crippen LogP contribution < -0.4 is 0 Å². The summed E-state index contributed by atoms with van der Waals surface area (Å²) in [6.07, 6.45) is 1.08. The molecule has 1 aliphatic heterocycles. The Bertz CT molecular complexity index is 1130. The molecule has 0 unspecified atom stereocenters. The summed E-state index contributed by atoms with van der Waals surface area (Å²) in [7, 11) is 0. The fourth-order valence-electron chi connectivity index (χ4n) is 5.40. The lowest BCUT2D eigenvalue weighted by atomic mass is 9.81. The van der Waals surface area contributed by atoms with E-state index in [-0.39, 0.29) is 18.4 Å². The van der Waals surface area contributed by atoms with Crippen molar-refractivity contribution in [1.82, 2.24) is 4.90 Å². The Morgan fingerprint density at radius 3 is 2.46 bits per heavy atom. The summed E-state index contributed by atoms with van der Waals surface area (Å²) in [5.41, 5.74) is 4.13. The first-order valence-electron chi connectivity index (χ1n) is 13.1. The van der Waals surface area contributed by atoms with Gasteiger partial charge in [-0.2, -0.15) is 13.2 Å². The summed E-state index contributed by atoms with van der Waals surface area (Å²) >= 11 is 0. The molecule has 37 heavy (non-hydrogen) atoms. The molecule has 5 nitrogen and oxygen atoms in total. The normalized spacial score (nSPS) is 18.0. The van der Waals surface area contributed by atoms with E-state index in [0.29, 0.717) is 36.5 Å². The van der Waals surface area contributed by atoms with Gasteiger partial charge in [0.1, 0.15) is 6.61 Å². The second-order valence-corrected chi connectivity index (χ2v) is 10.3. The molecule has 0 spiro atoms. The van der Waals surface area contributed by atoms with Gasteiger partial charge in [-0.05, 0) is 72.1 Å². The molecule has 0 aromatic heterocycles. The van der Waals surface area contributed by atoms with E-state index in [1.54, 1.807) is 12.1 Å². The monoisotopic (exact) mass is 516 g/mol. The Labute approximate surface area is 216 Å². The van der Waals surface area contributed by atoms with Crippen LogP contribution >= 0.6 is 0 Å². The van der Waals surface area contributed by atoms with Crippen molar-refractivity contribution in [2.24, 2.45) is 11.1 Å². The van der Waals surface area contributed by atoms with Crippen LogP contribution in [0.3, 0.4) is 0 Å². The van der Waals surface area contributed by atoms with Gasteiger partial charge in [-0.25, -0.2) is 0 Å². The quantitative estimate of drug-likeness (QED) is 0.295. The zero-order chi connectivity index (χ0) is 26.6. The van der Waals surface area contributed by atoms with E-state index in [0.717, 1.165) is 55.2 Å². The highest BCUT2D eigenvalue weighted by Gasteiger charge is 2.36. The third kappa shape index (κ3) is 6.72. The minimum Gasteiger partial charge on any atom is -0.481 e. The molecule has 0 radical (unpaired) electrons. The minimum atomic E-state index is -4.40. The summed E-state index contributed by atoms with van der Waals surface area (Å²) in [5, 5.41) is 13.2. The molecule has 1 saturated heterocycles. The number of aryl methyl sites for hydroxylation is 1. The molecule has 1 heterocycles. The summed E-state index contributed by atoms with van der Waals surface area (Å²) in [5.74, 6) is -1.06. The Kier molecular flexibility index (Phi) is 8.57. The van der Waals surface area contributed by atoms with Gasteiger partial charge in [-0.15, -0.1) is 0 Å². The van der Waals surface area contributed by atoms with E-state index in [1.165, 1.54) is 6.07 Å². The van der Waals surface area contributed by atoms with E-state index in [4.69, 9.17) is 9.94 Å². The number of halogens is 3. The molecule has 0 bridgehead atoms. The lowest BCUT2D eigenvalue weighted by molar-refractivity contribution is -0.147. The standard InChI is InChI=1S/C29H35F3N2O3/c1-3-21-14-23(10-11-24(21)15-34-16-25(17-34)28(35)36)19(2)33-37-18-20-9-12-26(22-7-5-4-6-8-22)27(13-20)29(30,31)32/h9-14,22,25H,3-8,15-18H2,1-2H3,(H,35,36)/b33-19-. The maximum atomic E-state index is 13.8. The van der Waals surface area contributed by atoms with Gasteiger partial charge in [0.15, 0.2) is 0 Å². The molecular formula is C29H35F3N2O3. The van der Waals surface area contributed by atoms with Crippen molar-refractivity contribution in [3.63, 3.8) is 0 Å². The van der Waals surface area contributed by atoms with Crippen molar-refractivity contribution in [2.75, 3.05) is 13.1 Å². The molecule has 1 N–H and O–H groups in total. The number of aliphatic carboxylic acids is 1. The van der Waals surface area contributed by atoms with Crippen molar-refractivity contribution >= 4 is 11.7 Å². The number of benzene rings is 2. The number of alkyl halides is 3. The predicted molar refractivity (Wildman–Crippen MR) is 136 cm³/mol. The number of carboxylic acids is 1. The van der Waals surface area contributed by atoms with Gasteiger partial charge in [-0.1, -0.05) is 55.6 Å². The lowest BCUT2D eigenvalue weighted by Crippen LogP contribution is -2.49. The lowest BCUT2D eigenvalue weighted by Gasteiger charge is -2.37. The molecule has 0 amide bonds. The van der Waals surface area contributed by atoms with E-state index in [1.807, 2.05) is 25.1 Å². The number of likely N-dealkylation sites (tertiary alicyclic amines) is 1. The molecule has 8 heteroatoms. The van der Waals surface area contributed by atoms with Gasteiger partial charge >= 0.3 is 12.1 Å². The number of carbonyl (C=O) groups is 1. The zero-order valence-electron chi connectivity index (χ0n) is 21.5. The van der Waals surface area contributed by atoms with Gasteiger partial charge < -0.3 is 9.94 Å². The Morgan fingerprint density at radius 2 is 1.81 bits per heavy atom. The van der Waals surface area contributed by atoms with Crippen molar-refractivity contribution < 1.29 is 27.9 Å². The van der Waals surface area contributed by atoms with Crippen LogP contribution in [0, 0.1) is 5.92 Å². The summed E-state index contributed by atoms with van der Waals surface area (Å²) < 4.78 is 41.5. The highest BCUT2D eigenvalue weighted by atomic mass is 19.4. The fourth-order valence-corrected chi connectivity index (χ4v) is 5.40. The SMILES string of the molecule is CCc1cc(/C(C)=N\OCc2ccc(C3CCCCC3)c(C(F)(F)F)c2)ccc1CN1CC(C(=O)O)C1. The van der Waals surface area contributed by atoms with Crippen molar-refractivity contribution in [2.45, 2.75) is 77.6 Å². The molecular weight excluding hydrogens is 481 g/mol. The first-order valence-corrected chi connectivity index (χ1v) is 13.1. The number of oxime groups is 1. The zero-order valence-corrected chi connectivity index (χ0v) is 21.5. The highest BCUT2D eigenvalue weighted by Crippen LogP contribution is 2.41. The molecule has 1 aliphatic carbocycles. The number of hydrogen-bond acceptors (Lipinski definition) is 4. The number of nitrogens with zero attached hydrogens (tertiary/aromatic N) is 2. The van der Waals surface area contributed by atoms with E-state index in [2.05, 4.69) is 17.0 Å². The van der Waals surface area contributed by atoms with Crippen LogP contribution in [-0.2, 0) is 35.4 Å². The number of rotatable bonds is 9.